The molecule has 2 fully saturated rings. The molecule has 0 bridgehead atoms. The number of carbonyl (C=O) groups excluding carboxylic acids is 2. The molecule has 5 unspecified atom stereocenters. The van der Waals surface area contributed by atoms with Crippen LogP contribution < -0.4 is 0 Å². The first-order valence-electron chi connectivity index (χ1n) is 11.7. The summed E-state index contributed by atoms with van der Waals surface area (Å²) in [6.45, 7) is 13.0. The number of esters is 1. The van der Waals surface area contributed by atoms with Crippen LogP contribution in [0.4, 0.5) is 0 Å². The topological polar surface area (TPSA) is 52.6 Å². The molecule has 0 aromatic carbocycles. The van der Waals surface area contributed by atoms with Crippen LogP contribution in [0.5, 0.6) is 0 Å². The molecule has 0 aromatic heterocycles. The average Bonchev–Trinajstić information content (AvgIpc) is 2.94. The molecule has 2 saturated carbocycles. The summed E-state index contributed by atoms with van der Waals surface area (Å²) in [5.41, 5.74) is 4.20. The highest BCUT2D eigenvalue weighted by Crippen LogP contribution is 2.63. The van der Waals surface area contributed by atoms with Crippen molar-refractivity contribution in [3.8, 4) is 0 Å². The monoisotopic (exact) mass is 440 g/mol. The molecule has 31 heavy (non-hydrogen) atoms. The predicted octanol–water partition coefficient (Wildman–Crippen LogP) is 5.74. The van der Waals surface area contributed by atoms with Gasteiger partial charge in [0.2, 0.25) is 8.32 Å². The van der Waals surface area contributed by atoms with Crippen molar-refractivity contribution >= 4 is 20.1 Å². The van der Waals surface area contributed by atoms with E-state index in [0.29, 0.717) is 23.7 Å². The van der Waals surface area contributed by atoms with Crippen LogP contribution in [0.25, 0.3) is 0 Å². The Morgan fingerprint density at radius 3 is 2.71 bits per heavy atom. The number of carbonyl (C=O) groups is 2. The Morgan fingerprint density at radius 2 is 2.03 bits per heavy atom. The van der Waals surface area contributed by atoms with Crippen molar-refractivity contribution in [2.45, 2.75) is 66.1 Å². The van der Waals surface area contributed by atoms with Gasteiger partial charge in [-0.3, -0.25) is 9.59 Å². The van der Waals surface area contributed by atoms with Crippen LogP contribution in [0.15, 0.2) is 46.8 Å². The van der Waals surface area contributed by atoms with Gasteiger partial charge in [-0.2, -0.15) is 0 Å². The summed E-state index contributed by atoms with van der Waals surface area (Å²) in [7, 11) is -1.86. The normalized spacial score (nSPS) is 36.0. The van der Waals surface area contributed by atoms with Crippen molar-refractivity contribution in [3.05, 3.63) is 46.8 Å². The van der Waals surface area contributed by atoms with Crippen LogP contribution in [-0.4, -0.2) is 26.7 Å². The quantitative estimate of drug-likeness (QED) is 0.242. The minimum absolute atomic E-state index is 0.0259. The van der Waals surface area contributed by atoms with E-state index < -0.39 is 8.32 Å². The highest BCUT2D eigenvalue weighted by atomic mass is 28.4. The summed E-state index contributed by atoms with van der Waals surface area (Å²) < 4.78 is 12.0. The van der Waals surface area contributed by atoms with Crippen molar-refractivity contribution in [1.82, 2.24) is 0 Å². The molecule has 0 aromatic rings. The third-order valence-corrected chi connectivity index (χ3v) is 8.49. The number of hydrogen-bond donors (Lipinski definition) is 0. The number of allylic oxidation sites excluding steroid dienone is 7. The maximum absolute atomic E-state index is 11.9. The molecule has 0 heterocycles. The second-order valence-corrected chi connectivity index (χ2v) is 15.4. The van der Waals surface area contributed by atoms with Crippen molar-refractivity contribution in [2.75, 3.05) is 6.61 Å². The lowest BCUT2D eigenvalue weighted by molar-refractivity contribution is -0.140. The van der Waals surface area contributed by atoms with E-state index in [0.717, 1.165) is 31.4 Å². The van der Waals surface area contributed by atoms with E-state index in [1.165, 1.54) is 23.6 Å². The zero-order valence-corrected chi connectivity index (χ0v) is 20.8. The molecule has 0 radical (unpaired) electrons. The van der Waals surface area contributed by atoms with Crippen molar-refractivity contribution in [2.24, 2.45) is 29.1 Å². The molecule has 4 nitrogen and oxygen atoms in total. The zero-order chi connectivity index (χ0) is 22.6. The Hall–Kier alpha value is -1.88. The molecule has 5 heteroatoms. The van der Waals surface area contributed by atoms with Crippen LogP contribution in [0, 0.1) is 29.1 Å². The van der Waals surface area contributed by atoms with Crippen LogP contribution in [0.1, 0.15) is 46.5 Å². The molecule has 4 rings (SSSR count). The van der Waals surface area contributed by atoms with Gasteiger partial charge >= 0.3 is 5.97 Å². The molecular weight excluding hydrogens is 404 g/mol. The third-order valence-electron chi connectivity index (χ3n) is 7.63. The number of hydrogen-bond acceptors (Lipinski definition) is 4. The Balaban J connectivity index is 1.73. The van der Waals surface area contributed by atoms with Gasteiger partial charge in [-0.15, -0.1) is 0 Å². The first-order chi connectivity index (χ1) is 14.5. The Bertz CT molecular complexity index is 916. The molecule has 0 saturated heterocycles. The molecule has 4 aliphatic carbocycles. The van der Waals surface area contributed by atoms with E-state index >= 15 is 0 Å². The Labute approximate surface area is 187 Å². The highest BCUT2D eigenvalue weighted by molar-refractivity contribution is 6.70. The molecule has 0 aliphatic heterocycles. The number of rotatable bonds is 4. The van der Waals surface area contributed by atoms with Crippen LogP contribution in [0.2, 0.25) is 19.6 Å². The van der Waals surface area contributed by atoms with E-state index in [4.69, 9.17) is 9.16 Å². The number of ketones is 1. The predicted molar refractivity (Wildman–Crippen MR) is 125 cm³/mol. The molecule has 4 aliphatic rings. The molecule has 0 amide bonds. The van der Waals surface area contributed by atoms with Gasteiger partial charge in [0.1, 0.15) is 12.4 Å². The van der Waals surface area contributed by atoms with E-state index in [-0.39, 0.29) is 23.8 Å². The van der Waals surface area contributed by atoms with Crippen LogP contribution in [-0.2, 0) is 18.8 Å². The average molecular weight is 441 g/mol. The number of ether oxygens (including phenoxy) is 1. The summed E-state index contributed by atoms with van der Waals surface area (Å²) in [6.07, 6.45) is 12.4. The minimum Gasteiger partial charge on any atom is -0.545 e. The molecule has 168 valence electrons. The summed E-state index contributed by atoms with van der Waals surface area (Å²) in [6, 6.07) is 0. The summed E-state index contributed by atoms with van der Waals surface area (Å²) in [4.78, 5) is 23.4. The van der Waals surface area contributed by atoms with Crippen molar-refractivity contribution < 1.29 is 18.8 Å². The molecule has 5 atom stereocenters. The fourth-order valence-corrected chi connectivity index (χ4v) is 7.54. The van der Waals surface area contributed by atoms with E-state index in [9.17, 15) is 9.59 Å². The van der Waals surface area contributed by atoms with Gasteiger partial charge in [-0.1, -0.05) is 37.1 Å². The first kappa shape index (κ1) is 22.3. The second-order valence-electron chi connectivity index (χ2n) is 11.0. The SMILES string of the molecule is CC(=O)OCC(O[Si](C)(C)C)=C1C(C)CC2C3CCC4=CC(=O)C=CC4C3=CCC12C. The molecule has 0 N–H and O–H groups in total. The van der Waals surface area contributed by atoms with Gasteiger partial charge < -0.3 is 9.16 Å². The van der Waals surface area contributed by atoms with Crippen LogP contribution in [0.3, 0.4) is 0 Å². The maximum Gasteiger partial charge on any atom is 0.303 e. The van der Waals surface area contributed by atoms with Crippen LogP contribution >= 0.6 is 0 Å². The van der Waals surface area contributed by atoms with E-state index in [1.807, 2.05) is 6.08 Å². The van der Waals surface area contributed by atoms with Gasteiger partial charge in [0.25, 0.3) is 0 Å². The van der Waals surface area contributed by atoms with Gasteiger partial charge in [0, 0.05) is 12.8 Å². The largest absolute Gasteiger partial charge is 0.545 e. The summed E-state index contributed by atoms with van der Waals surface area (Å²) >= 11 is 0. The standard InChI is InChI=1S/C26H36O4Si/c1-16-13-23-22-9-7-18-14-19(28)8-10-20(18)21(22)11-12-26(23,3)25(16)24(15-29-17(2)27)30-31(4,5)6/h8,10-11,14,16,20,22-23H,7,9,12-13,15H2,1-6H3. The lowest BCUT2D eigenvalue weighted by atomic mass is 9.57. The van der Waals surface area contributed by atoms with E-state index in [1.54, 1.807) is 6.08 Å². The fourth-order valence-electron chi connectivity index (χ4n) is 6.63. The number of fused-ring (bicyclic) bond motifs is 5. The maximum atomic E-state index is 11.9. The van der Waals surface area contributed by atoms with Gasteiger partial charge in [0.05, 0.1) is 0 Å². The third kappa shape index (κ3) is 4.13. The lowest BCUT2D eigenvalue weighted by Gasteiger charge is -2.47. The van der Waals surface area contributed by atoms with Crippen molar-refractivity contribution in [3.63, 3.8) is 0 Å². The fraction of sp³-hybridized carbons (Fsp3) is 0.615. The minimum atomic E-state index is -1.86. The molecule has 0 spiro atoms. The zero-order valence-electron chi connectivity index (χ0n) is 19.8. The lowest BCUT2D eigenvalue weighted by Crippen LogP contribution is -2.39. The van der Waals surface area contributed by atoms with Gasteiger partial charge in [0.15, 0.2) is 5.78 Å². The first-order valence-corrected chi connectivity index (χ1v) is 15.1. The van der Waals surface area contributed by atoms with Gasteiger partial charge in [-0.25, -0.2) is 0 Å². The Kier molecular flexibility index (Phi) is 5.70. The second kappa shape index (κ2) is 7.91. The highest BCUT2D eigenvalue weighted by Gasteiger charge is 2.54. The van der Waals surface area contributed by atoms with E-state index in [2.05, 4.69) is 45.6 Å². The van der Waals surface area contributed by atoms with Gasteiger partial charge in [-0.05, 0) is 86.2 Å². The smallest absolute Gasteiger partial charge is 0.303 e. The molecular formula is C26H36O4Si. The van der Waals surface area contributed by atoms with Crippen molar-refractivity contribution in [1.29, 1.82) is 0 Å². The Morgan fingerprint density at radius 1 is 1.29 bits per heavy atom. The summed E-state index contributed by atoms with van der Waals surface area (Å²) in [5.74, 6) is 2.59. The summed E-state index contributed by atoms with van der Waals surface area (Å²) in [5, 5.41) is 0.